The van der Waals surface area contributed by atoms with Crippen LogP contribution >= 0.6 is 15.9 Å². The van der Waals surface area contributed by atoms with Crippen molar-refractivity contribution in [3.05, 3.63) is 28.7 Å². The Morgan fingerprint density at radius 2 is 2.25 bits per heavy atom. The number of oxime groups is 1. The highest BCUT2D eigenvalue weighted by Gasteiger charge is 2.32. The minimum absolute atomic E-state index is 0.0179. The van der Waals surface area contributed by atoms with E-state index in [1.807, 2.05) is 6.92 Å². The van der Waals surface area contributed by atoms with Crippen LogP contribution < -0.4 is 0 Å². The Morgan fingerprint density at radius 1 is 1.50 bits per heavy atom. The Labute approximate surface area is 127 Å². The Morgan fingerprint density at radius 3 is 2.85 bits per heavy atom. The van der Waals surface area contributed by atoms with Crippen molar-refractivity contribution in [1.29, 1.82) is 0 Å². The smallest absolute Gasteiger partial charge is 0.243 e. The average molecular weight is 361 g/mol. The maximum absolute atomic E-state index is 12.6. The van der Waals surface area contributed by atoms with Crippen LogP contribution in [-0.2, 0) is 10.0 Å². The highest BCUT2D eigenvalue weighted by atomic mass is 79.9. The van der Waals surface area contributed by atoms with E-state index in [9.17, 15) is 8.42 Å². The SMILES string of the molecule is CCC1CN(S(=O)(=O)c2cccc(Br)c2)CC/C1=N\O. The molecule has 0 amide bonds. The first-order valence-corrected chi connectivity index (χ1v) is 8.69. The zero-order chi connectivity index (χ0) is 14.8. The summed E-state index contributed by atoms with van der Waals surface area (Å²) in [6.07, 6.45) is 1.23. The number of rotatable bonds is 3. The summed E-state index contributed by atoms with van der Waals surface area (Å²) in [6.45, 7) is 2.68. The summed E-state index contributed by atoms with van der Waals surface area (Å²) in [5.74, 6) is -0.0179. The van der Waals surface area contributed by atoms with E-state index < -0.39 is 10.0 Å². The third-order valence-corrected chi connectivity index (χ3v) is 5.92. The summed E-state index contributed by atoms with van der Waals surface area (Å²) in [5.41, 5.74) is 0.688. The third-order valence-electron chi connectivity index (χ3n) is 3.57. The van der Waals surface area contributed by atoms with Crippen LogP contribution in [0.5, 0.6) is 0 Å². The van der Waals surface area contributed by atoms with Crippen molar-refractivity contribution in [3.63, 3.8) is 0 Å². The molecule has 0 aliphatic carbocycles. The van der Waals surface area contributed by atoms with Crippen LogP contribution in [0.1, 0.15) is 19.8 Å². The highest BCUT2D eigenvalue weighted by molar-refractivity contribution is 9.10. The molecule has 1 aromatic rings. The van der Waals surface area contributed by atoms with E-state index in [-0.39, 0.29) is 10.8 Å². The summed E-state index contributed by atoms with van der Waals surface area (Å²) in [5, 5.41) is 12.2. The zero-order valence-electron chi connectivity index (χ0n) is 11.2. The first-order valence-electron chi connectivity index (χ1n) is 6.45. The highest BCUT2D eigenvalue weighted by Crippen LogP contribution is 2.25. The molecule has 1 aliphatic rings. The largest absolute Gasteiger partial charge is 0.411 e. The normalized spacial score (nSPS) is 23.1. The van der Waals surface area contributed by atoms with Crippen LogP contribution in [0.2, 0.25) is 0 Å². The standard InChI is InChI=1S/C13H17BrN2O3S/c1-2-10-9-16(7-6-13(10)15-17)20(18,19)12-5-3-4-11(14)8-12/h3-5,8,10,17H,2,6-7,9H2,1H3/b15-13+. The first-order chi connectivity index (χ1) is 9.48. The summed E-state index contributed by atoms with van der Waals surface area (Å²) in [6, 6.07) is 6.70. The topological polar surface area (TPSA) is 70.0 Å². The van der Waals surface area contributed by atoms with Crippen molar-refractivity contribution >= 4 is 31.7 Å². The summed E-state index contributed by atoms with van der Waals surface area (Å²) < 4.78 is 27.4. The van der Waals surface area contributed by atoms with Crippen molar-refractivity contribution in [2.24, 2.45) is 11.1 Å². The van der Waals surface area contributed by atoms with Gasteiger partial charge >= 0.3 is 0 Å². The van der Waals surface area contributed by atoms with E-state index in [1.54, 1.807) is 24.3 Å². The number of hydrogen-bond donors (Lipinski definition) is 1. The Bertz CT molecular complexity index is 616. The molecule has 2 rings (SSSR count). The summed E-state index contributed by atoms with van der Waals surface area (Å²) in [7, 11) is -3.49. The van der Waals surface area contributed by atoms with Gasteiger partial charge in [0.05, 0.1) is 10.6 Å². The quantitative estimate of drug-likeness (QED) is 0.665. The maximum Gasteiger partial charge on any atom is 0.243 e. The van der Waals surface area contributed by atoms with E-state index in [0.29, 0.717) is 25.2 Å². The minimum Gasteiger partial charge on any atom is -0.411 e. The molecule has 1 heterocycles. The molecule has 5 nitrogen and oxygen atoms in total. The van der Waals surface area contributed by atoms with Crippen molar-refractivity contribution in [2.45, 2.75) is 24.7 Å². The molecular formula is C13H17BrN2O3S. The first kappa shape index (κ1) is 15.5. The molecule has 1 aromatic carbocycles. The molecule has 0 saturated carbocycles. The van der Waals surface area contributed by atoms with Gasteiger partial charge in [-0.1, -0.05) is 34.1 Å². The van der Waals surface area contributed by atoms with Gasteiger partial charge in [-0.15, -0.1) is 0 Å². The van der Waals surface area contributed by atoms with E-state index in [4.69, 9.17) is 5.21 Å². The van der Waals surface area contributed by atoms with E-state index in [0.717, 1.165) is 10.9 Å². The van der Waals surface area contributed by atoms with Crippen LogP contribution in [0, 0.1) is 5.92 Å². The molecular weight excluding hydrogens is 344 g/mol. The lowest BCUT2D eigenvalue weighted by molar-refractivity contribution is 0.295. The molecule has 1 unspecified atom stereocenters. The second-order valence-corrected chi connectivity index (χ2v) is 7.62. The molecule has 1 aliphatic heterocycles. The lowest BCUT2D eigenvalue weighted by Gasteiger charge is -2.32. The fourth-order valence-corrected chi connectivity index (χ4v) is 4.46. The number of benzene rings is 1. The van der Waals surface area contributed by atoms with Gasteiger partial charge in [0.15, 0.2) is 0 Å². The van der Waals surface area contributed by atoms with Gasteiger partial charge in [-0.05, 0) is 24.6 Å². The van der Waals surface area contributed by atoms with Crippen LogP contribution in [0.25, 0.3) is 0 Å². The summed E-state index contributed by atoms with van der Waals surface area (Å²) in [4.78, 5) is 0.283. The molecule has 7 heteroatoms. The van der Waals surface area contributed by atoms with Gasteiger partial charge in [-0.2, -0.15) is 4.31 Å². The molecule has 1 saturated heterocycles. The van der Waals surface area contributed by atoms with Crippen molar-refractivity contribution in [3.8, 4) is 0 Å². The minimum atomic E-state index is -3.49. The predicted octanol–water partition coefficient (Wildman–Crippen LogP) is 2.70. The molecule has 110 valence electrons. The second kappa shape index (κ2) is 6.24. The number of nitrogens with zero attached hydrogens (tertiary/aromatic N) is 2. The number of piperidine rings is 1. The number of hydrogen-bond acceptors (Lipinski definition) is 4. The van der Waals surface area contributed by atoms with Gasteiger partial charge < -0.3 is 5.21 Å². The second-order valence-electron chi connectivity index (χ2n) is 4.77. The molecule has 1 fully saturated rings. The Kier molecular flexibility index (Phi) is 4.82. The molecule has 1 atom stereocenters. The average Bonchev–Trinajstić information content (AvgIpc) is 2.46. The maximum atomic E-state index is 12.6. The molecule has 0 spiro atoms. The Balaban J connectivity index is 2.27. The molecule has 0 bridgehead atoms. The lowest BCUT2D eigenvalue weighted by Crippen LogP contribution is -2.43. The monoisotopic (exact) mass is 360 g/mol. The van der Waals surface area contributed by atoms with Crippen LogP contribution in [0.4, 0.5) is 0 Å². The molecule has 20 heavy (non-hydrogen) atoms. The van der Waals surface area contributed by atoms with Crippen molar-refractivity contribution < 1.29 is 13.6 Å². The van der Waals surface area contributed by atoms with E-state index >= 15 is 0 Å². The fraction of sp³-hybridized carbons (Fsp3) is 0.462. The molecule has 0 radical (unpaired) electrons. The van der Waals surface area contributed by atoms with E-state index in [1.165, 1.54) is 4.31 Å². The van der Waals surface area contributed by atoms with Gasteiger partial charge in [0, 0.05) is 29.9 Å². The van der Waals surface area contributed by atoms with Gasteiger partial charge in [-0.3, -0.25) is 0 Å². The summed E-state index contributed by atoms with van der Waals surface area (Å²) >= 11 is 3.29. The lowest BCUT2D eigenvalue weighted by atomic mass is 9.95. The van der Waals surface area contributed by atoms with Crippen LogP contribution in [0.15, 0.2) is 38.8 Å². The zero-order valence-corrected chi connectivity index (χ0v) is 13.6. The van der Waals surface area contributed by atoms with E-state index in [2.05, 4.69) is 21.1 Å². The fourth-order valence-electron chi connectivity index (χ4n) is 2.38. The molecule has 1 N–H and O–H groups in total. The van der Waals surface area contributed by atoms with Crippen LogP contribution in [0.3, 0.4) is 0 Å². The van der Waals surface area contributed by atoms with Crippen molar-refractivity contribution in [1.82, 2.24) is 4.31 Å². The van der Waals surface area contributed by atoms with Gasteiger partial charge in [0.1, 0.15) is 0 Å². The number of halogens is 1. The number of sulfonamides is 1. The Hall–Kier alpha value is -0.920. The van der Waals surface area contributed by atoms with Gasteiger partial charge in [0.25, 0.3) is 0 Å². The van der Waals surface area contributed by atoms with Gasteiger partial charge in [0.2, 0.25) is 10.0 Å². The van der Waals surface area contributed by atoms with Crippen LogP contribution in [-0.4, -0.2) is 36.7 Å². The van der Waals surface area contributed by atoms with Crippen molar-refractivity contribution in [2.75, 3.05) is 13.1 Å². The third kappa shape index (κ3) is 3.05. The predicted molar refractivity (Wildman–Crippen MR) is 80.5 cm³/mol. The molecule has 0 aromatic heterocycles. The van der Waals surface area contributed by atoms with Gasteiger partial charge in [-0.25, -0.2) is 8.42 Å².